The summed E-state index contributed by atoms with van der Waals surface area (Å²) in [5.74, 6) is 0.691. The molecule has 2 rings (SSSR count). The quantitative estimate of drug-likeness (QED) is 0.937. The van der Waals surface area contributed by atoms with Crippen molar-refractivity contribution in [1.29, 1.82) is 0 Å². The van der Waals surface area contributed by atoms with E-state index in [2.05, 4.69) is 36.2 Å². The lowest BCUT2D eigenvalue weighted by Gasteiger charge is -2.09. The summed E-state index contributed by atoms with van der Waals surface area (Å²) in [4.78, 5) is 12.3. The molecule has 0 spiro atoms. The van der Waals surface area contributed by atoms with Gasteiger partial charge in [0.25, 0.3) is 0 Å². The molecule has 0 fully saturated rings. The van der Waals surface area contributed by atoms with E-state index < -0.39 is 0 Å². The van der Waals surface area contributed by atoms with Gasteiger partial charge < -0.3 is 10.1 Å². The van der Waals surface area contributed by atoms with Gasteiger partial charge in [0.15, 0.2) is 5.75 Å². The number of rotatable bonds is 4. The van der Waals surface area contributed by atoms with Crippen LogP contribution in [-0.4, -0.2) is 22.0 Å². The predicted molar refractivity (Wildman–Crippen MR) is 67.8 cm³/mol. The fourth-order valence-electron chi connectivity index (χ4n) is 1.30. The van der Waals surface area contributed by atoms with Gasteiger partial charge in [-0.15, -0.1) is 0 Å². The van der Waals surface area contributed by atoms with Crippen molar-refractivity contribution in [3.8, 4) is 5.75 Å². The summed E-state index contributed by atoms with van der Waals surface area (Å²) >= 11 is 3.26. The Kier molecular flexibility index (Phi) is 3.87. The van der Waals surface area contributed by atoms with E-state index in [1.165, 1.54) is 0 Å². The fraction of sp³-hybridized carbons (Fsp3) is 0.182. The van der Waals surface area contributed by atoms with Crippen molar-refractivity contribution in [2.75, 3.05) is 12.4 Å². The van der Waals surface area contributed by atoms with E-state index >= 15 is 0 Å². The largest absolute Gasteiger partial charge is 0.483 e. The van der Waals surface area contributed by atoms with Crippen molar-refractivity contribution in [2.45, 2.75) is 6.61 Å². The molecule has 0 aromatic carbocycles. The van der Waals surface area contributed by atoms with E-state index in [4.69, 9.17) is 4.74 Å². The predicted octanol–water partition coefficient (Wildman–Crippen LogP) is 2.25. The van der Waals surface area contributed by atoms with E-state index in [1.807, 2.05) is 13.1 Å². The Hall–Kier alpha value is -1.69. The molecule has 0 unspecified atom stereocenters. The highest BCUT2D eigenvalue weighted by molar-refractivity contribution is 9.10. The summed E-state index contributed by atoms with van der Waals surface area (Å²) in [5, 5.41) is 3.03. The van der Waals surface area contributed by atoms with Crippen LogP contribution < -0.4 is 10.1 Å². The maximum absolute atomic E-state index is 5.62. The molecular weight excluding hydrogens is 284 g/mol. The summed E-state index contributed by atoms with van der Waals surface area (Å²) in [6.45, 7) is 0.354. The van der Waals surface area contributed by atoms with E-state index in [0.29, 0.717) is 17.0 Å². The van der Waals surface area contributed by atoms with Crippen LogP contribution in [0.15, 0.2) is 35.5 Å². The monoisotopic (exact) mass is 294 g/mol. The molecular formula is C11H11BrN4O. The van der Waals surface area contributed by atoms with E-state index in [0.717, 1.165) is 11.4 Å². The normalized spacial score (nSPS) is 10.0. The first kappa shape index (κ1) is 11.8. The number of halogens is 1. The molecule has 0 aliphatic heterocycles. The van der Waals surface area contributed by atoms with Crippen LogP contribution in [-0.2, 0) is 6.61 Å². The zero-order valence-electron chi connectivity index (χ0n) is 9.22. The van der Waals surface area contributed by atoms with Crippen LogP contribution in [0.3, 0.4) is 0 Å². The Balaban J connectivity index is 2.07. The number of ether oxygens (including phenoxy) is 1. The van der Waals surface area contributed by atoms with Gasteiger partial charge in [0.2, 0.25) is 0 Å². The van der Waals surface area contributed by atoms with E-state index in [9.17, 15) is 0 Å². The number of nitrogens with one attached hydrogen (secondary N) is 1. The van der Waals surface area contributed by atoms with Crippen LogP contribution in [0.4, 0.5) is 5.69 Å². The lowest BCUT2D eigenvalue weighted by Crippen LogP contribution is -2.02. The van der Waals surface area contributed by atoms with Gasteiger partial charge in [-0.25, -0.2) is 4.98 Å². The number of hydrogen-bond donors (Lipinski definition) is 1. The summed E-state index contributed by atoms with van der Waals surface area (Å²) < 4.78 is 6.31. The SMILES string of the molecule is CNc1ccncc1OCc1cncc(Br)n1. The maximum atomic E-state index is 5.62. The second kappa shape index (κ2) is 5.58. The second-order valence-electron chi connectivity index (χ2n) is 3.24. The molecule has 0 saturated carbocycles. The van der Waals surface area contributed by atoms with Crippen molar-refractivity contribution in [2.24, 2.45) is 0 Å². The van der Waals surface area contributed by atoms with Gasteiger partial charge in [-0.3, -0.25) is 9.97 Å². The van der Waals surface area contributed by atoms with Crippen LogP contribution >= 0.6 is 15.9 Å². The highest BCUT2D eigenvalue weighted by Gasteiger charge is 2.03. The molecule has 2 aromatic heterocycles. The zero-order chi connectivity index (χ0) is 12.1. The fourth-order valence-corrected chi connectivity index (χ4v) is 1.65. The summed E-state index contributed by atoms with van der Waals surface area (Å²) in [7, 11) is 1.83. The smallest absolute Gasteiger partial charge is 0.161 e. The average Bonchev–Trinajstić information content (AvgIpc) is 2.37. The summed E-state index contributed by atoms with van der Waals surface area (Å²) in [5.41, 5.74) is 1.65. The van der Waals surface area contributed by atoms with Gasteiger partial charge in [-0.1, -0.05) is 0 Å². The van der Waals surface area contributed by atoms with Gasteiger partial charge in [0, 0.05) is 13.2 Å². The number of aromatic nitrogens is 3. The lowest BCUT2D eigenvalue weighted by atomic mass is 10.4. The van der Waals surface area contributed by atoms with Gasteiger partial charge in [0.05, 0.1) is 30.0 Å². The number of pyridine rings is 1. The van der Waals surface area contributed by atoms with Gasteiger partial charge in [-0.05, 0) is 22.0 Å². The standard InChI is InChI=1S/C11H11BrN4O/c1-13-9-2-3-14-5-10(9)17-7-8-4-15-6-11(12)16-8/h2-6H,7H2,1H3,(H,13,14). The van der Waals surface area contributed by atoms with Crippen LogP contribution in [0, 0.1) is 0 Å². The van der Waals surface area contributed by atoms with Crippen molar-refractivity contribution in [3.63, 3.8) is 0 Å². The average molecular weight is 295 g/mol. The van der Waals surface area contributed by atoms with Crippen molar-refractivity contribution in [1.82, 2.24) is 15.0 Å². The molecule has 0 saturated heterocycles. The molecule has 5 nitrogen and oxygen atoms in total. The summed E-state index contributed by atoms with van der Waals surface area (Å²) in [6, 6.07) is 1.85. The van der Waals surface area contributed by atoms with Crippen LogP contribution in [0.5, 0.6) is 5.75 Å². The Morgan fingerprint density at radius 1 is 1.29 bits per heavy atom. The molecule has 6 heteroatoms. The van der Waals surface area contributed by atoms with Gasteiger partial charge in [0.1, 0.15) is 11.2 Å². The Morgan fingerprint density at radius 3 is 2.94 bits per heavy atom. The minimum Gasteiger partial charge on any atom is -0.483 e. The van der Waals surface area contributed by atoms with Crippen LogP contribution in [0.1, 0.15) is 5.69 Å². The molecule has 88 valence electrons. The van der Waals surface area contributed by atoms with Gasteiger partial charge >= 0.3 is 0 Å². The zero-order valence-corrected chi connectivity index (χ0v) is 10.8. The molecule has 0 atom stereocenters. The topological polar surface area (TPSA) is 59.9 Å². The van der Waals surface area contributed by atoms with E-state index in [-0.39, 0.29) is 0 Å². The van der Waals surface area contributed by atoms with Crippen molar-refractivity contribution >= 4 is 21.6 Å². The second-order valence-corrected chi connectivity index (χ2v) is 4.06. The number of anilines is 1. The third-order valence-corrected chi connectivity index (χ3v) is 2.47. The first-order valence-corrected chi connectivity index (χ1v) is 5.80. The third kappa shape index (κ3) is 3.13. The lowest BCUT2D eigenvalue weighted by molar-refractivity contribution is 0.301. The third-order valence-electron chi connectivity index (χ3n) is 2.08. The molecule has 0 aliphatic carbocycles. The van der Waals surface area contributed by atoms with Gasteiger partial charge in [-0.2, -0.15) is 0 Å². The van der Waals surface area contributed by atoms with E-state index in [1.54, 1.807) is 24.8 Å². The molecule has 1 N–H and O–H groups in total. The molecule has 2 heterocycles. The number of hydrogen-bond acceptors (Lipinski definition) is 5. The Labute approximate surface area is 107 Å². The highest BCUT2D eigenvalue weighted by Crippen LogP contribution is 2.22. The molecule has 0 radical (unpaired) electrons. The molecule has 17 heavy (non-hydrogen) atoms. The minimum atomic E-state index is 0.354. The van der Waals surface area contributed by atoms with Crippen LogP contribution in [0.25, 0.3) is 0 Å². The first-order valence-electron chi connectivity index (χ1n) is 5.00. The first-order chi connectivity index (χ1) is 8.29. The highest BCUT2D eigenvalue weighted by atomic mass is 79.9. The number of nitrogens with zero attached hydrogens (tertiary/aromatic N) is 3. The van der Waals surface area contributed by atoms with Crippen molar-refractivity contribution in [3.05, 3.63) is 41.2 Å². The minimum absolute atomic E-state index is 0.354. The molecule has 0 aliphatic rings. The molecule has 0 amide bonds. The summed E-state index contributed by atoms with van der Waals surface area (Å²) in [6.07, 6.45) is 6.67. The van der Waals surface area contributed by atoms with Crippen LogP contribution in [0.2, 0.25) is 0 Å². The Morgan fingerprint density at radius 2 is 2.18 bits per heavy atom. The maximum Gasteiger partial charge on any atom is 0.161 e. The molecule has 2 aromatic rings. The van der Waals surface area contributed by atoms with Crippen molar-refractivity contribution < 1.29 is 4.74 Å². The Bertz CT molecular complexity index is 506. The molecule has 0 bridgehead atoms.